The fraction of sp³-hybridized carbons (Fsp3) is 0.0769. The summed E-state index contributed by atoms with van der Waals surface area (Å²) in [5.41, 5.74) is 0.488. The number of nitro groups is 1. The normalized spacial score (nSPS) is 10.5. The first-order valence-corrected chi connectivity index (χ1v) is 7.18. The van der Waals surface area contributed by atoms with Gasteiger partial charge in [0.2, 0.25) is 0 Å². The number of ether oxygens (including phenoxy) is 1. The average molecular weight is 393 g/mol. The van der Waals surface area contributed by atoms with Gasteiger partial charge in [-0.1, -0.05) is 29.3 Å². The standard InChI is InChI=1S/C13H8BrCl2NO4/c14-9-3-7(6-18)1-2-12(9)21-13-10(15)4-8(17(19)20)5-11(13)16/h1-5,18H,6H2. The SMILES string of the molecule is O=[N+]([O-])c1cc(Cl)c(Oc2ccc(CO)cc2Br)c(Cl)c1. The van der Waals surface area contributed by atoms with E-state index >= 15 is 0 Å². The number of hydrogen-bond donors (Lipinski definition) is 1. The van der Waals surface area contributed by atoms with Gasteiger partial charge in [0.15, 0.2) is 5.75 Å². The van der Waals surface area contributed by atoms with E-state index in [-0.39, 0.29) is 28.1 Å². The second kappa shape index (κ2) is 6.62. The Kier molecular flexibility index (Phi) is 5.05. The number of halogens is 3. The first kappa shape index (κ1) is 16.0. The van der Waals surface area contributed by atoms with Crippen LogP contribution in [-0.4, -0.2) is 10.0 Å². The lowest BCUT2D eigenvalue weighted by Crippen LogP contribution is -1.93. The number of non-ortho nitro benzene ring substituents is 1. The smallest absolute Gasteiger partial charge is 0.272 e. The third-order valence-electron chi connectivity index (χ3n) is 2.58. The number of aliphatic hydroxyl groups is 1. The van der Waals surface area contributed by atoms with Crippen molar-refractivity contribution in [2.45, 2.75) is 6.61 Å². The van der Waals surface area contributed by atoms with Crippen LogP contribution in [0.3, 0.4) is 0 Å². The summed E-state index contributed by atoms with van der Waals surface area (Å²) in [4.78, 5) is 10.1. The van der Waals surface area contributed by atoms with E-state index in [0.717, 1.165) is 0 Å². The van der Waals surface area contributed by atoms with Crippen LogP contribution in [-0.2, 0) is 6.61 Å². The van der Waals surface area contributed by atoms with Gasteiger partial charge in [-0.15, -0.1) is 0 Å². The predicted octanol–water partition coefficient (Wildman–Crippen LogP) is 4.95. The quantitative estimate of drug-likeness (QED) is 0.590. The van der Waals surface area contributed by atoms with E-state index in [9.17, 15) is 10.1 Å². The highest BCUT2D eigenvalue weighted by Crippen LogP contribution is 2.41. The van der Waals surface area contributed by atoms with Crippen molar-refractivity contribution in [3.8, 4) is 11.5 Å². The monoisotopic (exact) mass is 391 g/mol. The first-order valence-electron chi connectivity index (χ1n) is 5.63. The molecule has 2 aromatic carbocycles. The lowest BCUT2D eigenvalue weighted by molar-refractivity contribution is -0.384. The molecule has 0 bridgehead atoms. The van der Waals surface area contributed by atoms with Crippen LogP contribution in [0, 0.1) is 10.1 Å². The number of nitro benzene ring substituents is 1. The number of hydrogen-bond acceptors (Lipinski definition) is 4. The first-order chi connectivity index (χ1) is 9.92. The van der Waals surface area contributed by atoms with Gasteiger partial charge in [0.25, 0.3) is 5.69 Å². The van der Waals surface area contributed by atoms with Crippen LogP contribution in [0.25, 0.3) is 0 Å². The Morgan fingerprint density at radius 3 is 2.33 bits per heavy atom. The second-order valence-corrected chi connectivity index (χ2v) is 5.69. The molecule has 0 aliphatic carbocycles. The van der Waals surface area contributed by atoms with Gasteiger partial charge in [-0.25, -0.2) is 0 Å². The van der Waals surface area contributed by atoms with E-state index in [0.29, 0.717) is 15.8 Å². The molecule has 5 nitrogen and oxygen atoms in total. The molecule has 21 heavy (non-hydrogen) atoms. The van der Waals surface area contributed by atoms with Crippen molar-refractivity contribution in [1.82, 2.24) is 0 Å². The van der Waals surface area contributed by atoms with Crippen LogP contribution >= 0.6 is 39.1 Å². The summed E-state index contributed by atoms with van der Waals surface area (Å²) in [5, 5.41) is 19.8. The molecule has 2 rings (SSSR count). The highest BCUT2D eigenvalue weighted by atomic mass is 79.9. The van der Waals surface area contributed by atoms with Gasteiger partial charge in [0.1, 0.15) is 5.75 Å². The maximum Gasteiger partial charge on any atom is 0.272 e. The zero-order valence-electron chi connectivity index (χ0n) is 10.3. The molecule has 0 fully saturated rings. The third kappa shape index (κ3) is 3.65. The second-order valence-electron chi connectivity index (χ2n) is 4.02. The zero-order valence-corrected chi connectivity index (χ0v) is 13.4. The van der Waals surface area contributed by atoms with Crippen molar-refractivity contribution in [3.63, 3.8) is 0 Å². The lowest BCUT2D eigenvalue weighted by Gasteiger charge is -2.11. The Morgan fingerprint density at radius 1 is 1.24 bits per heavy atom. The van der Waals surface area contributed by atoms with Crippen molar-refractivity contribution in [3.05, 3.63) is 60.5 Å². The minimum Gasteiger partial charge on any atom is -0.453 e. The topological polar surface area (TPSA) is 72.6 Å². The summed E-state index contributed by atoms with van der Waals surface area (Å²) in [6, 6.07) is 7.32. The van der Waals surface area contributed by atoms with Gasteiger partial charge in [-0.2, -0.15) is 0 Å². The summed E-state index contributed by atoms with van der Waals surface area (Å²) in [6.45, 7) is -0.0993. The van der Waals surface area contributed by atoms with Crippen LogP contribution in [0.4, 0.5) is 5.69 Å². The predicted molar refractivity (Wildman–Crippen MR) is 83.3 cm³/mol. The van der Waals surface area contributed by atoms with Gasteiger partial charge in [0.05, 0.1) is 26.0 Å². The molecule has 0 aliphatic heterocycles. The van der Waals surface area contributed by atoms with Crippen LogP contribution in [0.1, 0.15) is 5.56 Å². The summed E-state index contributed by atoms with van der Waals surface area (Å²) in [6.07, 6.45) is 0. The molecule has 0 spiro atoms. The zero-order chi connectivity index (χ0) is 15.6. The maximum atomic E-state index is 10.7. The lowest BCUT2D eigenvalue weighted by atomic mass is 10.2. The van der Waals surface area contributed by atoms with E-state index in [2.05, 4.69) is 15.9 Å². The molecular weight excluding hydrogens is 385 g/mol. The van der Waals surface area contributed by atoms with Crippen molar-refractivity contribution in [2.75, 3.05) is 0 Å². The van der Waals surface area contributed by atoms with E-state index in [4.69, 9.17) is 33.0 Å². The molecule has 0 atom stereocenters. The average Bonchev–Trinajstić information content (AvgIpc) is 2.43. The summed E-state index contributed by atoms with van der Waals surface area (Å²) in [5.74, 6) is 0.547. The Labute approximate surface area is 138 Å². The van der Waals surface area contributed by atoms with Crippen molar-refractivity contribution in [1.29, 1.82) is 0 Å². The molecule has 0 aromatic heterocycles. The highest BCUT2D eigenvalue weighted by Gasteiger charge is 2.17. The van der Waals surface area contributed by atoms with Crippen molar-refractivity contribution >= 4 is 44.8 Å². The number of benzene rings is 2. The summed E-state index contributed by atoms with van der Waals surface area (Å²) >= 11 is 15.2. The molecule has 110 valence electrons. The molecule has 0 radical (unpaired) electrons. The molecule has 2 aromatic rings. The molecule has 0 amide bonds. The van der Waals surface area contributed by atoms with Crippen LogP contribution in [0.2, 0.25) is 10.0 Å². The van der Waals surface area contributed by atoms with Gasteiger partial charge in [0, 0.05) is 12.1 Å². The third-order valence-corrected chi connectivity index (χ3v) is 3.77. The molecule has 1 N–H and O–H groups in total. The van der Waals surface area contributed by atoms with Gasteiger partial charge in [-0.3, -0.25) is 10.1 Å². The van der Waals surface area contributed by atoms with E-state index in [1.807, 2.05) is 0 Å². The summed E-state index contributed by atoms with van der Waals surface area (Å²) in [7, 11) is 0. The Bertz CT molecular complexity index is 686. The fourth-order valence-corrected chi connectivity index (χ4v) is 2.64. The Morgan fingerprint density at radius 2 is 1.86 bits per heavy atom. The van der Waals surface area contributed by atoms with E-state index in [1.54, 1.807) is 18.2 Å². The molecular formula is C13H8BrCl2NO4. The van der Waals surface area contributed by atoms with Crippen molar-refractivity contribution in [2.24, 2.45) is 0 Å². The fourth-order valence-electron chi connectivity index (χ4n) is 1.58. The molecule has 0 heterocycles. The molecule has 8 heteroatoms. The molecule has 0 aliphatic rings. The summed E-state index contributed by atoms with van der Waals surface area (Å²) < 4.78 is 6.19. The Hall–Kier alpha value is -1.34. The maximum absolute atomic E-state index is 10.7. The highest BCUT2D eigenvalue weighted by molar-refractivity contribution is 9.10. The molecule has 0 unspecified atom stereocenters. The van der Waals surface area contributed by atoms with Crippen LogP contribution in [0.5, 0.6) is 11.5 Å². The van der Waals surface area contributed by atoms with E-state index < -0.39 is 4.92 Å². The number of nitrogens with zero attached hydrogens (tertiary/aromatic N) is 1. The van der Waals surface area contributed by atoms with Gasteiger partial charge >= 0.3 is 0 Å². The van der Waals surface area contributed by atoms with Crippen LogP contribution < -0.4 is 4.74 Å². The largest absolute Gasteiger partial charge is 0.453 e. The Balaban J connectivity index is 2.38. The number of rotatable bonds is 4. The number of aliphatic hydroxyl groups excluding tert-OH is 1. The van der Waals surface area contributed by atoms with E-state index in [1.165, 1.54) is 12.1 Å². The van der Waals surface area contributed by atoms with Gasteiger partial charge < -0.3 is 9.84 Å². The minimum atomic E-state index is -0.590. The molecule has 0 saturated carbocycles. The molecule has 0 saturated heterocycles. The van der Waals surface area contributed by atoms with Crippen LogP contribution in [0.15, 0.2) is 34.8 Å². The minimum absolute atomic E-state index is 0.0346. The van der Waals surface area contributed by atoms with Gasteiger partial charge in [-0.05, 0) is 33.6 Å². The van der Waals surface area contributed by atoms with Crippen molar-refractivity contribution < 1.29 is 14.8 Å².